The second-order valence-electron chi connectivity index (χ2n) is 9.56. The third-order valence-corrected chi connectivity index (χ3v) is 9.12. The predicted molar refractivity (Wildman–Crippen MR) is 162 cm³/mol. The Morgan fingerprint density at radius 1 is 0.925 bits per heavy atom. The van der Waals surface area contributed by atoms with Crippen molar-refractivity contribution < 1.29 is 18.0 Å². The summed E-state index contributed by atoms with van der Waals surface area (Å²) < 4.78 is 28.7. The van der Waals surface area contributed by atoms with Crippen LogP contribution in [0.25, 0.3) is 0 Å². The van der Waals surface area contributed by atoms with E-state index in [4.69, 9.17) is 34.8 Å². The molecule has 2 atom stereocenters. The Morgan fingerprint density at radius 2 is 1.57 bits per heavy atom. The molecule has 3 aromatic carbocycles. The molecule has 40 heavy (non-hydrogen) atoms. The minimum absolute atomic E-state index is 0.0146. The van der Waals surface area contributed by atoms with E-state index < -0.39 is 28.5 Å². The minimum Gasteiger partial charge on any atom is -0.352 e. The van der Waals surface area contributed by atoms with E-state index in [0.717, 1.165) is 9.87 Å². The molecule has 0 saturated heterocycles. The zero-order valence-electron chi connectivity index (χ0n) is 22.7. The first-order valence-electron chi connectivity index (χ1n) is 12.7. The standard InChI is InChI=1S/C29H32Cl3N3O4S/c1-5-20(3)33-29(37)21(4)34(17-22-11-12-24(31)16-27(22)32)28(36)18-35(25-8-6-7-23(30)15-25)40(38,39)26-13-9-19(2)10-14-26/h6-16,20-21H,5,17-18H2,1-4H3,(H,33,37)/t20-,21-/m1/s1. The number of sulfonamides is 1. The van der Waals surface area contributed by atoms with Crippen LogP contribution in [0, 0.1) is 6.92 Å². The van der Waals surface area contributed by atoms with E-state index in [9.17, 15) is 18.0 Å². The summed E-state index contributed by atoms with van der Waals surface area (Å²) in [4.78, 5) is 28.4. The number of benzene rings is 3. The molecule has 3 rings (SSSR count). The van der Waals surface area contributed by atoms with Crippen molar-refractivity contribution in [3.05, 3.63) is 92.9 Å². The van der Waals surface area contributed by atoms with Crippen LogP contribution < -0.4 is 9.62 Å². The Kier molecular flexibility index (Phi) is 10.9. The number of rotatable bonds is 11. The molecule has 3 aromatic rings. The molecule has 0 bridgehead atoms. The highest BCUT2D eigenvalue weighted by molar-refractivity contribution is 7.92. The fraction of sp³-hybridized carbons (Fsp3) is 0.310. The third-order valence-electron chi connectivity index (χ3n) is 6.51. The van der Waals surface area contributed by atoms with E-state index in [2.05, 4.69) is 5.32 Å². The lowest BCUT2D eigenvalue weighted by molar-refractivity contribution is -0.139. The summed E-state index contributed by atoms with van der Waals surface area (Å²) in [5.41, 5.74) is 1.65. The summed E-state index contributed by atoms with van der Waals surface area (Å²) in [6.45, 7) is 6.62. The summed E-state index contributed by atoms with van der Waals surface area (Å²) in [5.74, 6) is -0.975. The van der Waals surface area contributed by atoms with Crippen LogP contribution in [0.1, 0.15) is 38.3 Å². The van der Waals surface area contributed by atoms with E-state index in [-0.39, 0.29) is 29.1 Å². The second-order valence-corrected chi connectivity index (χ2v) is 12.7. The van der Waals surface area contributed by atoms with Crippen LogP contribution in [0.15, 0.2) is 71.6 Å². The van der Waals surface area contributed by atoms with Gasteiger partial charge in [-0.3, -0.25) is 13.9 Å². The van der Waals surface area contributed by atoms with E-state index in [1.165, 1.54) is 23.1 Å². The zero-order chi connectivity index (χ0) is 29.6. The Labute approximate surface area is 251 Å². The average molecular weight is 625 g/mol. The van der Waals surface area contributed by atoms with Crippen LogP contribution in [-0.4, -0.2) is 43.8 Å². The zero-order valence-corrected chi connectivity index (χ0v) is 25.8. The summed E-state index contributed by atoms with van der Waals surface area (Å²) in [6, 6.07) is 16.4. The third kappa shape index (κ3) is 7.91. The highest BCUT2D eigenvalue weighted by Crippen LogP contribution is 2.28. The number of carbonyl (C=O) groups excluding carboxylic acids is 2. The van der Waals surface area contributed by atoms with Crippen LogP contribution in [0.5, 0.6) is 0 Å². The van der Waals surface area contributed by atoms with Crippen LogP contribution in [0.4, 0.5) is 5.69 Å². The first-order valence-corrected chi connectivity index (χ1v) is 15.3. The van der Waals surface area contributed by atoms with Crippen LogP contribution >= 0.6 is 34.8 Å². The molecule has 214 valence electrons. The number of amides is 2. The van der Waals surface area contributed by atoms with Crippen LogP contribution in [0.2, 0.25) is 15.1 Å². The van der Waals surface area contributed by atoms with Gasteiger partial charge < -0.3 is 10.2 Å². The number of halogens is 3. The summed E-state index contributed by atoms with van der Waals surface area (Å²) in [6.07, 6.45) is 0.701. The predicted octanol–water partition coefficient (Wildman–Crippen LogP) is 6.48. The van der Waals surface area contributed by atoms with Gasteiger partial charge >= 0.3 is 0 Å². The Bertz CT molecular complexity index is 1470. The van der Waals surface area contributed by atoms with Gasteiger partial charge in [0.15, 0.2) is 0 Å². The monoisotopic (exact) mass is 623 g/mol. The number of nitrogens with one attached hydrogen (secondary N) is 1. The molecule has 0 radical (unpaired) electrons. The molecule has 2 amide bonds. The van der Waals surface area contributed by atoms with Gasteiger partial charge in [0, 0.05) is 27.7 Å². The maximum absolute atomic E-state index is 14.0. The number of aryl methyl sites for hydroxylation is 1. The molecule has 0 aliphatic carbocycles. The Hall–Kier alpha value is -2.78. The van der Waals surface area contributed by atoms with Crippen molar-refractivity contribution in [2.45, 2.75) is 57.6 Å². The lowest BCUT2D eigenvalue weighted by atomic mass is 10.1. The van der Waals surface area contributed by atoms with Gasteiger partial charge in [-0.25, -0.2) is 8.42 Å². The minimum atomic E-state index is -4.19. The number of nitrogens with zero attached hydrogens (tertiary/aromatic N) is 2. The smallest absolute Gasteiger partial charge is 0.264 e. The van der Waals surface area contributed by atoms with Crippen LogP contribution in [-0.2, 0) is 26.2 Å². The molecule has 0 aliphatic rings. The number of anilines is 1. The number of hydrogen-bond donors (Lipinski definition) is 1. The van der Waals surface area contributed by atoms with E-state index >= 15 is 0 Å². The largest absolute Gasteiger partial charge is 0.352 e. The topological polar surface area (TPSA) is 86.8 Å². The van der Waals surface area contributed by atoms with Gasteiger partial charge in [0.05, 0.1) is 10.6 Å². The molecule has 0 heterocycles. The van der Waals surface area contributed by atoms with Crippen LogP contribution in [0.3, 0.4) is 0 Å². The lowest BCUT2D eigenvalue weighted by Gasteiger charge is -2.32. The molecule has 11 heteroatoms. The van der Waals surface area contributed by atoms with Crippen molar-refractivity contribution in [1.82, 2.24) is 10.2 Å². The van der Waals surface area contributed by atoms with Crippen molar-refractivity contribution in [1.29, 1.82) is 0 Å². The van der Waals surface area contributed by atoms with Gasteiger partial charge in [0.2, 0.25) is 11.8 Å². The van der Waals surface area contributed by atoms with Crippen molar-refractivity contribution in [2.75, 3.05) is 10.8 Å². The highest BCUT2D eigenvalue weighted by Gasteiger charge is 2.33. The first-order chi connectivity index (χ1) is 18.8. The Morgan fingerprint density at radius 3 is 2.17 bits per heavy atom. The Balaban J connectivity index is 2.05. The molecular formula is C29H32Cl3N3O4S. The van der Waals surface area contributed by atoms with Gasteiger partial charge in [-0.1, -0.05) is 71.6 Å². The molecule has 0 aliphatic heterocycles. The first kappa shape index (κ1) is 31.7. The lowest BCUT2D eigenvalue weighted by Crippen LogP contribution is -2.52. The molecule has 7 nitrogen and oxygen atoms in total. The molecule has 0 aromatic heterocycles. The molecule has 0 unspecified atom stereocenters. The summed E-state index contributed by atoms with van der Waals surface area (Å²) >= 11 is 18.7. The van der Waals surface area contributed by atoms with Gasteiger partial charge in [-0.2, -0.15) is 0 Å². The second kappa shape index (κ2) is 13.7. The molecule has 0 fully saturated rings. The van der Waals surface area contributed by atoms with Gasteiger partial charge in [-0.15, -0.1) is 0 Å². The molecular weight excluding hydrogens is 593 g/mol. The van der Waals surface area contributed by atoms with Crippen molar-refractivity contribution in [3.63, 3.8) is 0 Å². The van der Waals surface area contributed by atoms with Crippen molar-refractivity contribution in [3.8, 4) is 0 Å². The number of carbonyl (C=O) groups is 2. The maximum atomic E-state index is 14.0. The summed E-state index contributed by atoms with van der Waals surface area (Å²) in [7, 11) is -4.19. The van der Waals surface area contributed by atoms with E-state index in [0.29, 0.717) is 27.1 Å². The maximum Gasteiger partial charge on any atom is 0.264 e. The highest BCUT2D eigenvalue weighted by atomic mass is 35.5. The van der Waals surface area contributed by atoms with Gasteiger partial charge in [0.25, 0.3) is 10.0 Å². The molecule has 0 saturated carbocycles. The molecule has 1 N–H and O–H groups in total. The van der Waals surface area contributed by atoms with Gasteiger partial charge in [0.1, 0.15) is 12.6 Å². The fourth-order valence-corrected chi connectivity index (χ4v) is 5.94. The number of hydrogen-bond acceptors (Lipinski definition) is 4. The average Bonchev–Trinajstić information content (AvgIpc) is 2.90. The van der Waals surface area contributed by atoms with Crippen molar-refractivity contribution >= 4 is 62.3 Å². The fourth-order valence-electron chi connectivity index (χ4n) is 3.88. The summed E-state index contributed by atoms with van der Waals surface area (Å²) in [5, 5.41) is 3.94. The quantitative estimate of drug-likeness (QED) is 0.265. The molecule has 0 spiro atoms. The van der Waals surface area contributed by atoms with Gasteiger partial charge in [-0.05, 0) is 75.2 Å². The SMILES string of the molecule is CC[C@@H](C)NC(=O)[C@@H](C)N(Cc1ccc(Cl)cc1Cl)C(=O)CN(c1cccc(Cl)c1)S(=O)(=O)c1ccc(C)cc1. The van der Waals surface area contributed by atoms with E-state index in [1.54, 1.807) is 55.5 Å². The normalized spacial score (nSPS) is 12.9. The van der Waals surface area contributed by atoms with E-state index in [1.807, 2.05) is 20.8 Å². The van der Waals surface area contributed by atoms with Crippen molar-refractivity contribution in [2.24, 2.45) is 0 Å².